The van der Waals surface area contributed by atoms with Gasteiger partial charge in [-0.05, 0) is 6.42 Å². The zero-order valence-corrected chi connectivity index (χ0v) is 12.5. The van der Waals surface area contributed by atoms with Gasteiger partial charge in [0.05, 0.1) is 18.1 Å². The first-order valence-electron chi connectivity index (χ1n) is 6.45. The van der Waals surface area contributed by atoms with Gasteiger partial charge in [-0.25, -0.2) is 4.98 Å². The number of hydrogen-bond donors (Lipinski definition) is 0. The first-order valence-corrected chi connectivity index (χ1v) is 6.99. The lowest BCUT2D eigenvalue weighted by Gasteiger charge is -2.07. The van der Waals surface area contributed by atoms with Crippen molar-refractivity contribution in [2.24, 2.45) is 14.1 Å². The molecule has 0 amide bonds. The second kappa shape index (κ2) is 4.90. The highest BCUT2D eigenvalue weighted by atomic mass is 35.5. The van der Waals surface area contributed by atoms with Gasteiger partial charge in [-0.3, -0.25) is 4.68 Å². The van der Waals surface area contributed by atoms with Crippen LogP contribution in [-0.4, -0.2) is 34.1 Å². The van der Waals surface area contributed by atoms with Crippen molar-refractivity contribution in [3.8, 4) is 0 Å². The van der Waals surface area contributed by atoms with Gasteiger partial charge in [-0.2, -0.15) is 5.10 Å². The number of hydrogen-bond acceptors (Lipinski definition) is 4. The zero-order valence-electron chi connectivity index (χ0n) is 11.7. The van der Waals surface area contributed by atoms with E-state index in [1.807, 2.05) is 23.3 Å². The SMILES string of the molecule is CCc1nn(C)c2c1nc(CCl)n2Cc1nncn1C. The van der Waals surface area contributed by atoms with Crippen molar-refractivity contribution in [2.45, 2.75) is 25.8 Å². The van der Waals surface area contributed by atoms with Crippen LogP contribution in [0.25, 0.3) is 11.2 Å². The molecule has 8 heteroatoms. The molecular weight excluding hydrogens is 278 g/mol. The van der Waals surface area contributed by atoms with E-state index in [2.05, 4.69) is 31.8 Å². The van der Waals surface area contributed by atoms with Gasteiger partial charge >= 0.3 is 0 Å². The van der Waals surface area contributed by atoms with Gasteiger partial charge in [0.25, 0.3) is 0 Å². The summed E-state index contributed by atoms with van der Waals surface area (Å²) in [6.45, 7) is 2.65. The molecule has 7 nitrogen and oxygen atoms in total. The van der Waals surface area contributed by atoms with Gasteiger partial charge in [0.15, 0.2) is 11.5 Å². The third kappa shape index (κ3) is 1.89. The number of nitrogens with zero attached hydrogens (tertiary/aromatic N) is 7. The van der Waals surface area contributed by atoms with Crippen molar-refractivity contribution >= 4 is 22.8 Å². The fraction of sp³-hybridized carbons (Fsp3) is 0.500. The molecule has 0 aromatic carbocycles. The van der Waals surface area contributed by atoms with Crippen molar-refractivity contribution in [1.82, 2.24) is 34.1 Å². The quantitative estimate of drug-likeness (QED) is 0.679. The van der Waals surface area contributed by atoms with Crippen LogP contribution < -0.4 is 0 Å². The molecule has 0 aliphatic carbocycles. The lowest BCUT2D eigenvalue weighted by atomic mass is 10.3. The van der Waals surface area contributed by atoms with Crippen molar-refractivity contribution in [3.63, 3.8) is 0 Å². The molecule has 0 bridgehead atoms. The third-order valence-electron chi connectivity index (χ3n) is 3.43. The molecule has 3 heterocycles. The predicted molar refractivity (Wildman–Crippen MR) is 75.5 cm³/mol. The van der Waals surface area contributed by atoms with E-state index in [4.69, 9.17) is 11.6 Å². The molecule has 0 spiro atoms. The largest absolute Gasteiger partial charge is 0.319 e. The molecule has 20 heavy (non-hydrogen) atoms. The van der Waals surface area contributed by atoms with Crippen LogP contribution in [0, 0.1) is 0 Å². The van der Waals surface area contributed by atoms with Crippen molar-refractivity contribution in [1.29, 1.82) is 0 Å². The van der Waals surface area contributed by atoms with Gasteiger partial charge < -0.3 is 9.13 Å². The molecule has 3 rings (SSSR count). The number of fused-ring (bicyclic) bond motifs is 1. The summed E-state index contributed by atoms with van der Waals surface area (Å²) >= 11 is 6.03. The molecule has 106 valence electrons. The molecule has 3 aromatic heterocycles. The minimum Gasteiger partial charge on any atom is -0.319 e. The average molecular weight is 294 g/mol. The van der Waals surface area contributed by atoms with E-state index in [0.29, 0.717) is 12.4 Å². The van der Waals surface area contributed by atoms with Crippen LogP contribution in [0.5, 0.6) is 0 Å². The van der Waals surface area contributed by atoms with Crippen LogP contribution in [0.4, 0.5) is 0 Å². The molecule has 3 aromatic rings. The molecule has 0 unspecified atom stereocenters. The van der Waals surface area contributed by atoms with Gasteiger partial charge in [0.1, 0.15) is 17.7 Å². The Morgan fingerprint density at radius 1 is 1.25 bits per heavy atom. The van der Waals surface area contributed by atoms with Crippen LogP contribution in [-0.2, 0) is 32.9 Å². The highest BCUT2D eigenvalue weighted by Crippen LogP contribution is 2.21. The summed E-state index contributed by atoms with van der Waals surface area (Å²) < 4.78 is 5.80. The zero-order chi connectivity index (χ0) is 14.3. The monoisotopic (exact) mass is 293 g/mol. The standard InChI is InChI=1S/C12H16ClN7/c1-4-8-11-12(19(3)17-8)20(9(5-13)15-11)6-10-16-14-7-18(10)2/h7H,4-6H2,1-3H3. The summed E-state index contributed by atoms with van der Waals surface area (Å²) in [4.78, 5) is 4.62. The van der Waals surface area contributed by atoms with E-state index in [0.717, 1.165) is 34.9 Å². The van der Waals surface area contributed by atoms with Crippen LogP contribution in [0.15, 0.2) is 6.33 Å². The maximum atomic E-state index is 6.03. The fourth-order valence-electron chi connectivity index (χ4n) is 2.38. The highest BCUT2D eigenvalue weighted by molar-refractivity contribution is 6.16. The Hall–Kier alpha value is -1.89. The Balaban J connectivity index is 2.17. The molecule has 0 fully saturated rings. The Morgan fingerprint density at radius 2 is 2.05 bits per heavy atom. The Labute approximate surface area is 121 Å². The van der Waals surface area contributed by atoms with E-state index >= 15 is 0 Å². The Morgan fingerprint density at radius 3 is 2.65 bits per heavy atom. The van der Waals surface area contributed by atoms with E-state index in [-0.39, 0.29) is 0 Å². The molecule has 0 aliphatic rings. The minimum atomic E-state index is 0.357. The topological polar surface area (TPSA) is 66.3 Å². The summed E-state index contributed by atoms with van der Waals surface area (Å²) in [6.07, 6.45) is 2.53. The van der Waals surface area contributed by atoms with Crippen molar-refractivity contribution in [2.75, 3.05) is 0 Å². The fourth-order valence-corrected chi connectivity index (χ4v) is 2.59. The van der Waals surface area contributed by atoms with E-state index in [1.165, 1.54) is 0 Å². The van der Waals surface area contributed by atoms with Gasteiger partial charge in [0, 0.05) is 14.1 Å². The second-order valence-electron chi connectivity index (χ2n) is 4.70. The minimum absolute atomic E-state index is 0.357. The molecular formula is C12H16ClN7. The van der Waals surface area contributed by atoms with E-state index in [9.17, 15) is 0 Å². The lowest BCUT2D eigenvalue weighted by Crippen LogP contribution is -2.11. The summed E-state index contributed by atoms with van der Waals surface area (Å²) in [5, 5.41) is 12.5. The van der Waals surface area contributed by atoms with Crippen LogP contribution in [0.1, 0.15) is 24.3 Å². The third-order valence-corrected chi connectivity index (χ3v) is 3.67. The number of aryl methyl sites for hydroxylation is 3. The van der Waals surface area contributed by atoms with E-state index in [1.54, 1.807) is 6.33 Å². The number of aromatic nitrogens is 7. The first kappa shape index (κ1) is 13.1. The normalized spacial score (nSPS) is 11.6. The molecule has 0 saturated heterocycles. The summed E-state index contributed by atoms with van der Waals surface area (Å²) in [7, 11) is 3.85. The Bertz CT molecular complexity index is 751. The number of alkyl halides is 1. The molecule has 0 radical (unpaired) electrons. The summed E-state index contributed by atoms with van der Waals surface area (Å²) in [6, 6.07) is 0. The molecule has 0 atom stereocenters. The maximum Gasteiger partial charge on any atom is 0.159 e. The van der Waals surface area contributed by atoms with E-state index < -0.39 is 0 Å². The number of halogens is 1. The van der Waals surface area contributed by atoms with Gasteiger partial charge in [-0.15, -0.1) is 21.8 Å². The average Bonchev–Trinajstić information content (AvgIpc) is 3.08. The molecule has 0 saturated carbocycles. The maximum absolute atomic E-state index is 6.03. The van der Waals surface area contributed by atoms with Crippen LogP contribution >= 0.6 is 11.6 Å². The van der Waals surface area contributed by atoms with Crippen LogP contribution in [0.3, 0.4) is 0 Å². The molecule has 0 N–H and O–H groups in total. The Kier molecular flexibility index (Phi) is 3.21. The number of rotatable bonds is 4. The molecule has 0 aliphatic heterocycles. The first-order chi connectivity index (χ1) is 9.65. The smallest absolute Gasteiger partial charge is 0.159 e. The van der Waals surface area contributed by atoms with Gasteiger partial charge in [-0.1, -0.05) is 6.92 Å². The lowest BCUT2D eigenvalue weighted by molar-refractivity contribution is 0.657. The summed E-state index contributed by atoms with van der Waals surface area (Å²) in [5.74, 6) is 2.04. The second-order valence-corrected chi connectivity index (χ2v) is 4.97. The highest BCUT2D eigenvalue weighted by Gasteiger charge is 2.19. The van der Waals surface area contributed by atoms with Crippen molar-refractivity contribution in [3.05, 3.63) is 23.7 Å². The van der Waals surface area contributed by atoms with Gasteiger partial charge in [0.2, 0.25) is 0 Å². The number of imidazole rings is 1. The van der Waals surface area contributed by atoms with Crippen molar-refractivity contribution < 1.29 is 0 Å². The van der Waals surface area contributed by atoms with Crippen LogP contribution in [0.2, 0.25) is 0 Å². The summed E-state index contributed by atoms with van der Waals surface area (Å²) in [5.41, 5.74) is 2.89. The predicted octanol–water partition coefficient (Wildman–Crippen LogP) is 1.25.